The van der Waals surface area contributed by atoms with E-state index in [1.165, 1.54) is 12.1 Å². The Morgan fingerprint density at radius 2 is 1.80 bits per heavy atom. The van der Waals surface area contributed by atoms with Crippen LogP contribution in [-0.2, 0) is 13.2 Å². The largest absolute Gasteiger partial charge is 0.482 e. The molecule has 0 amide bonds. The molecule has 1 N–H and O–H groups in total. The van der Waals surface area contributed by atoms with E-state index in [2.05, 4.69) is 15.9 Å². The summed E-state index contributed by atoms with van der Waals surface area (Å²) in [6.07, 6.45) is 0. The van der Waals surface area contributed by atoms with Crippen molar-refractivity contribution in [2.45, 2.75) is 13.2 Å². The number of hydrogen-bond acceptors (Lipinski definition) is 4. The van der Waals surface area contributed by atoms with Crippen molar-refractivity contribution in [1.29, 1.82) is 0 Å². The normalized spacial score (nSPS) is 10.3. The van der Waals surface area contributed by atoms with E-state index in [-0.39, 0.29) is 24.7 Å². The Kier molecular flexibility index (Phi) is 4.70. The van der Waals surface area contributed by atoms with E-state index in [0.717, 1.165) is 10.0 Å². The molecule has 0 saturated carbocycles. The zero-order valence-electron chi connectivity index (χ0n) is 10.5. The third-order valence-corrected chi connectivity index (χ3v) is 3.24. The van der Waals surface area contributed by atoms with Gasteiger partial charge in [0.05, 0.1) is 11.5 Å². The summed E-state index contributed by atoms with van der Waals surface area (Å²) in [5.74, 6) is 0.190. The van der Waals surface area contributed by atoms with Crippen molar-refractivity contribution in [1.82, 2.24) is 0 Å². The molecular formula is C14H12BrNO4. The van der Waals surface area contributed by atoms with E-state index in [4.69, 9.17) is 9.84 Å². The predicted octanol–water partition coefficient (Wildman–Crippen LogP) is 3.43. The number of nitrogens with zero attached hydrogens (tertiary/aromatic N) is 1. The van der Waals surface area contributed by atoms with E-state index >= 15 is 0 Å². The molecule has 0 spiro atoms. The van der Waals surface area contributed by atoms with E-state index in [9.17, 15) is 10.1 Å². The minimum Gasteiger partial charge on any atom is -0.482 e. The first-order valence-electron chi connectivity index (χ1n) is 5.85. The van der Waals surface area contributed by atoms with Crippen molar-refractivity contribution in [2.24, 2.45) is 0 Å². The van der Waals surface area contributed by atoms with Crippen LogP contribution in [0.3, 0.4) is 0 Å². The molecule has 0 radical (unpaired) electrons. The number of aliphatic hydroxyl groups excluding tert-OH is 1. The van der Waals surface area contributed by atoms with Crippen LogP contribution in [0.15, 0.2) is 46.9 Å². The quantitative estimate of drug-likeness (QED) is 0.670. The van der Waals surface area contributed by atoms with E-state index in [1.807, 2.05) is 24.3 Å². The summed E-state index contributed by atoms with van der Waals surface area (Å²) < 4.78 is 6.44. The molecule has 20 heavy (non-hydrogen) atoms. The maximum atomic E-state index is 11.0. The standard InChI is InChI=1S/C14H12BrNO4/c15-12-4-1-10(2-5-12)9-20-14-6-3-11(8-17)7-13(14)16(18)19/h1-7,17H,8-9H2. The Morgan fingerprint density at radius 1 is 1.15 bits per heavy atom. The fourth-order valence-electron chi connectivity index (χ4n) is 1.67. The number of ether oxygens (including phenoxy) is 1. The van der Waals surface area contributed by atoms with Crippen LogP contribution in [0.25, 0.3) is 0 Å². The van der Waals surface area contributed by atoms with Gasteiger partial charge >= 0.3 is 5.69 Å². The van der Waals surface area contributed by atoms with Crippen molar-refractivity contribution < 1.29 is 14.8 Å². The molecular weight excluding hydrogens is 326 g/mol. The molecule has 0 aliphatic rings. The molecule has 104 valence electrons. The summed E-state index contributed by atoms with van der Waals surface area (Å²) in [6, 6.07) is 11.9. The van der Waals surface area contributed by atoms with Crippen molar-refractivity contribution in [3.63, 3.8) is 0 Å². The number of aliphatic hydroxyl groups is 1. The molecule has 0 fully saturated rings. The average Bonchev–Trinajstić information content (AvgIpc) is 2.46. The number of halogens is 1. The molecule has 5 nitrogen and oxygen atoms in total. The first-order chi connectivity index (χ1) is 9.60. The van der Waals surface area contributed by atoms with Crippen LogP contribution in [0.5, 0.6) is 5.75 Å². The third-order valence-electron chi connectivity index (χ3n) is 2.71. The van der Waals surface area contributed by atoms with Gasteiger partial charge in [0.2, 0.25) is 0 Å². The van der Waals surface area contributed by atoms with Gasteiger partial charge in [0.25, 0.3) is 0 Å². The van der Waals surface area contributed by atoms with Gasteiger partial charge in [0, 0.05) is 10.5 Å². The number of benzene rings is 2. The van der Waals surface area contributed by atoms with Crippen molar-refractivity contribution in [2.75, 3.05) is 0 Å². The van der Waals surface area contributed by atoms with Crippen LogP contribution in [0, 0.1) is 10.1 Å². The smallest absolute Gasteiger partial charge is 0.311 e. The highest BCUT2D eigenvalue weighted by Gasteiger charge is 2.15. The fourth-order valence-corrected chi connectivity index (χ4v) is 1.93. The van der Waals surface area contributed by atoms with Crippen LogP contribution in [0.2, 0.25) is 0 Å². The number of hydrogen-bond donors (Lipinski definition) is 1. The van der Waals surface area contributed by atoms with Gasteiger partial charge in [-0.25, -0.2) is 0 Å². The molecule has 2 aromatic rings. The Bertz CT molecular complexity index is 613. The van der Waals surface area contributed by atoms with Gasteiger partial charge in [-0.2, -0.15) is 0 Å². The second-order valence-electron chi connectivity index (χ2n) is 4.13. The van der Waals surface area contributed by atoms with E-state index in [1.54, 1.807) is 6.07 Å². The molecule has 6 heteroatoms. The summed E-state index contributed by atoms with van der Waals surface area (Å²) in [5, 5.41) is 20.0. The molecule has 0 heterocycles. The molecule has 0 unspecified atom stereocenters. The zero-order valence-corrected chi connectivity index (χ0v) is 12.0. The molecule has 0 saturated heterocycles. The molecule has 0 aromatic heterocycles. The minimum atomic E-state index is -0.518. The molecule has 2 rings (SSSR count). The summed E-state index contributed by atoms with van der Waals surface area (Å²) in [6.45, 7) is 0.000420. The SMILES string of the molecule is O=[N+]([O-])c1cc(CO)ccc1OCc1ccc(Br)cc1. The highest BCUT2D eigenvalue weighted by Crippen LogP contribution is 2.28. The highest BCUT2D eigenvalue weighted by atomic mass is 79.9. The lowest BCUT2D eigenvalue weighted by atomic mass is 10.2. The second kappa shape index (κ2) is 6.49. The Balaban J connectivity index is 2.16. The maximum absolute atomic E-state index is 11.0. The van der Waals surface area contributed by atoms with Crippen LogP contribution in [-0.4, -0.2) is 10.0 Å². The first kappa shape index (κ1) is 14.5. The molecule has 2 aromatic carbocycles. The minimum absolute atomic E-state index is 0.145. The predicted molar refractivity (Wildman–Crippen MR) is 77.5 cm³/mol. The summed E-state index contributed by atoms with van der Waals surface area (Å²) in [7, 11) is 0. The molecule has 0 aliphatic heterocycles. The topological polar surface area (TPSA) is 72.6 Å². The second-order valence-corrected chi connectivity index (χ2v) is 5.05. The number of rotatable bonds is 5. The maximum Gasteiger partial charge on any atom is 0.311 e. The van der Waals surface area contributed by atoms with Gasteiger partial charge < -0.3 is 9.84 Å². The van der Waals surface area contributed by atoms with Crippen LogP contribution in [0.4, 0.5) is 5.69 Å². The zero-order chi connectivity index (χ0) is 14.5. The van der Waals surface area contributed by atoms with Crippen molar-refractivity contribution in [3.8, 4) is 5.75 Å². The van der Waals surface area contributed by atoms with Gasteiger partial charge in [-0.1, -0.05) is 34.1 Å². The van der Waals surface area contributed by atoms with Gasteiger partial charge in [-0.05, 0) is 29.3 Å². The van der Waals surface area contributed by atoms with E-state index in [0.29, 0.717) is 5.56 Å². The monoisotopic (exact) mass is 337 g/mol. The molecule has 0 bridgehead atoms. The van der Waals surface area contributed by atoms with Crippen molar-refractivity contribution in [3.05, 3.63) is 68.2 Å². The van der Waals surface area contributed by atoms with E-state index < -0.39 is 4.92 Å². The summed E-state index contributed by atoms with van der Waals surface area (Å²) in [4.78, 5) is 10.5. The lowest BCUT2D eigenvalue weighted by Gasteiger charge is -2.08. The lowest BCUT2D eigenvalue weighted by Crippen LogP contribution is -2.00. The van der Waals surface area contributed by atoms with Gasteiger partial charge in [-0.3, -0.25) is 10.1 Å². The van der Waals surface area contributed by atoms with Crippen LogP contribution in [0.1, 0.15) is 11.1 Å². The number of nitro benzene ring substituents is 1. The Labute approximate surface area is 124 Å². The lowest BCUT2D eigenvalue weighted by molar-refractivity contribution is -0.386. The van der Waals surface area contributed by atoms with Crippen molar-refractivity contribution >= 4 is 21.6 Å². The summed E-state index contributed by atoms with van der Waals surface area (Å²) in [5.41, 5.74) is 1.25. The average molecular weight is 338 g/mol. The van der Waals surface area contributed by atoms with Crippen LogP contribution >= 0.6 is 15.9 Å². The highest BCUT2D eigenvalue weighted by molar-refractivity contribution is 9.10. The van der Waals surface area contributed by atoms with Gasteiger partial charge in [-0.15, -0.1) is 0 Å². The third kappa shape index (κ3) is 3.55. The van der Waals surface area contributed by atoms with Crippen LogP contribution < -0.4 is 4.74 Å². The van der Waals surface area contributed by atoms with Gasteiger partial charge in [0.1, 0.15) is 6.61 Å². The summed E-state index contributed by atoms with van der Waals surface area (Å²) >= 11 is 3.33. The Morgan fingerprint density at radius 3 is 2.40 bits per heavy atom. The Hall–Kier alpha value is -1.92. The fraction of sp³-hybridized carbons (Fsp3) is 0.143. The first-order valence-corrected chi connectivity index (χ1v) is 6.65. The number of nitro groups is 1. The molecule has 0 atom stereocenters. The van der Waals surface area contributed by atoms with Gasteiger partial charge in [0.15, 0.2) is 5.75 Å². The molecule has 0 aliphatic carbocycles.